The number of carbonyl (C=O) groups excluding carboxylic acids is 1. The molecule has 1 aromatic heterocycles. The molecule has 1 saturated heterocycles. The third-order valence-corrected chi connectivity index (χ3v) is 8.99. The van der Waals surface area contributed by atoms with Gasteiger partial charge in [-0.2, -0.15) is 4.31 Å². The Morgan fingerprint density at radius 3 is 2.59 bits per heavy atom. The van der Waals surface area contributed by atoms with Crippen LogP contribution >= 0.6 is 11.8 Å². The third-order valence-electron chi connectivity index (χ3n) is 5.85. The van der Waals surface area contributed by atoms with Crippen LogP contribution in [-0.4, -0.2) is 54.5 Å². The van der Waals surface area contributed by atoms with E-state index in [0.29, 0.717) is 38.0 Å². The molecule has 2 aliphatic rings. The van der Waals surface area contributed by atoms with Crippen molar-refractivity contribution in [2.45, 2.75) is 34.2 Å². The standard InChI is InChI=1S/C24H26N4O4S2/c29-23(26-19-7-4-8-21(17-19)34(30,31)27-13-15-32-16-14-27)22(18-5-2-1-3-6-18)33-24-25-11-12-28(24)20-9-10-20/h1-8,11-12,17,20,22H,9-10,13-16H2,(H,26,29)/t22-/m1/s1. The summed E-state index contributed by atoms with van der Waals surface area (Å²) in [6, 6.07) is 16.4. The minimum absolute atomic E-state index is 0.153. The average molecular weight is 499 g/mol. The summed E-state index contributed by atoms with van der Waals surface area (Å²) in [6.45, 7) is 1.39. The van der Waals surface area contributed by atoms with E-state index < -0.39 is 15.3 Å². The largest absolute Gasteiger partial charge is 0.379 e. The number of nitrogens with one attached hydrogen (secondary N) is 1. The van der Waals surface area contributed by atoms with Crippen molar-refractivity contribution in [1.29, 1.82) is 0 Å². The van der Waals surface area contributed by atoms with E-state index in [0.717, 1.165) is 23.6 Å². The summed E-state index contributed by atoms with van der Waals surface area (Å²) >= 11 is 1.40. The fourth-order valence-electron chi connectivity index (χ4n) is 3.91. The Morgan fingerprint density at radius 2 is 1.85 bits per heavy atom. The lowest BCUT2D eigenvalue weighted by atomic mass is 10.1. The minimum atomic E-state index is -3.66. The minimum Gasteiger partial charge on any atom is -0.379 e. The number of amides is 1. The molecule has 178 valence electrons. The van der Waals surface area contributed by atoms with Gasteiger partial charge in [0.25, 0.3) is 0 Å². The van der Waals surface area contributed by atoms with Crippen LogP contribution in [0.5, 0.6) is 0 Å². The van der Waals surface area contributed by atoms with Crippen LogP contribution in [0.3, 0.4) is 0 Å². The first-order valence-electron chi connectivity index (χ1n) is 11.3. The smallest absolute Gasteiger partial charge is 0.243 e. The Bertz CT molecular complexity index is 1250. The van der Waals surface area contributed by atoms with Crippen molar-refractivity contribution in [3.63, 3.8) is 0 Å². The van der Waals surface area contributed by atoms with Gasteiger partial charge in [-0.25, -0.2) is 13.4 Å². The van der Waals surface area contributed by atoms with Crippen LogP contribution in [0, 0.1) is 0 Å². The second-order valence-corrected chi connectivity index (χ2v) is 11.3. The van der Waals surface area contributed by atoms with Gasteiger partial charge >= 0.3 is 0 Å². The molecule has 8 nitrogen and oxygen atoms in total. The molecule has 0 bridgehead atoms. The Balaban J connectivity index is 1.38. The number of hydrogen-bond acceptors (Lipinski definition) is 6. The number of carbonyl (C=O) groups is 1. The number of ether oxygens (including phenoxy) is 1. The normalized spacial score (nSPS) is 17.9. The highest BCUT2D eigenvalue weighted by Gasteiger charge is 2.30. The van der Waals surface area contributed by atoms with Crippen molar-refractivity contribution in [1.82, 2.24) is 13.9 Å². The lowest BCUT2D eigenvalue weighted by molar-refractivity contribution is -0.115. The molecule has 3 aromatic rings. The maximum absolute atomic E-state index is 13.5. The number of imidazole rings is 1. The van der Waals surface area contributed by atoms with Gasteiger partial charge in [-0.05, 0) is 36.6 Å². The van der Waals surface area contributed by atoms with Crippen molar-refractivity contribution in [3.05, 3.63) is 72.6 Å². The first kappa shape index (κ1) is 23.1. The van der Waals surface area contributed by atoms with Crippen LogP contribution in [0.1, 0.15) is 29.7 Å². The molecule has 10 heteroatoms. The average Bonchev–Trinajstić information content (AvgIpc) is 3.61. The van der Waals surface area contributed by atoms with E-state index in [2.05, 4.69) is 14.9 Å². The zero-order chi connectivity index (χ0) is 23.5. The van der Waals surface area contributed by atoms with Crippen molar-refractivity contribution < 1.29 is 17.9 Å². The summed E-state index contributed by atoms with van der Waals surface area (Å²) in [4.78, 5) is 18.1. The number of thioether (sulfide) groups is 1. The number of sulfonamides is 1. The first-order valence-corrected chi connectivity index (χ1v) is 13.6. The van der Waals surface area contributed by atoms with Gasteiger partial charge in [0.05, 0.1) is 18.1 Å². The van der Waals surface area contributed by atoms with E-state index in [1.54, 1.807) is 24.4 Å². The molecule has 1 atom stereocenters. The third kappa shape index (κ3) is 5.05. The quantitative estimate of drug-likeness (QED) is 0.476. The number of anilines is 1. The van der Waals surface area contributed by atoms with E-state index in [9.17, 15) is 13.2 Å². The van der Waals surface area contributed by atoms with Gasteiger partial charge in [0.2, 0.25) is 15.9 Å². The predicted octanol–water partition coefficient (Wildman–Crippen LogP) is 3.71. The fraction of sp³-hybridized carbons (Fsp3) is 0.333. The van der Waals surface area contributed by atoms with E-state index in [1.807, 2.05) is 36.5 Å². The van der Waals surface area contributed by atoms with Crippen LogP contribution in [0.25, 0.3) is 0 Å². The summed E-state index contributed by atoms with van der Waals surface area (Å²) in [5, 5.41) is 3.19. The maximum atomic E-state index is 13.5. The van der Waals surface area contributed by atoms with Crippen molar-refractivity contribution in [2.24, 2.45) is 0 Å². The monoisotopic (exact) mass is 498 g/mol. The Labute approximate surface area is 203 Å². The van der Waals surface area contributed by atoms with Crippen molar-refractivity contribution >= 4 is 33.4 Å². The van der Waals surface area contributed by atoms with Crippen molar-refractivity contribution in [2.75, 3.05) is 31.6 Å². The predicted molar refractivity (Wildman–Crippen MR) is 130 cm³/mol. The lowest BCUT2D eigenvalue weighted by Gasteiger charge is -2.26. The molecule has 1 amide bonds. The van der Waals surface area contributed by atoms with E-state index in [4.69, 9.17) is 4.74 Å². The summed E-state index contributed by atoms with van der Waals surface area (Å²) in [7, 11) is -3.66. The summed E-state index contributed by atoms with van der Waals surface area (Å²) < 4.78 is 34.9. The molecule has 1 saturated carbocycles. The van der Waals surface area contributed by atoms with E-state index >= 15 is 0 Å². The summed E-state index contributed by atoms with van der Waals surface area (Å²) in [6.07, 6.45) is 5.97. The number of morpholine rings is 1. The molecule has 5 rings (SSSR count). The Kier molecular flexibility index (Phi) is 6.73. The van der Waals surface area contributed by atoms with Gasteiger partial charge < -0.3 is 14.6 Å². The SMILES string of the molecule is O=C(Nc1cccc(S(=O)(=O)N2CCOCC2)c1)[C@H](Sc1nccn1C1CC1)c1ccccc1. The molecule has 0 spiro atoms. The number of benzene rings is 2. The second-order valence-electron chi connectivity index (χ2n) is 8.29. The second kappa shape index (κ2) is 9.91. The maximum Gasteiger partial charge on any atom is 0.243 e. The molecular formula is C24H26N4O4S2. The van der Waals surface area contributed by atoms with Crippen LogP contribution in [0.4, 0.5) is 5.69 Å². The zero-order valence-electron chi connectivity index (χ0n) is 18.5. The van der Waals surface area contributed by atoms with Gasteiger partial charge in [-0.1, -0.05) is 48.2 Å². The van der Waals surface area contributed by atoms with E-state index in [1.165, 1.54) is 22.1 Å². The highest BCUT2D eigenvalue weighted by Crippen LogP contribution is 2.41. The van der Waals surface area contributed by atoms with Gasteiger partial charge in [-0.3, -0.25) is 4.79 Å². The molecule has 1 N–H and O–H groups in total. The molecule has 1 aliphatic heterocycles. The lowest BCUT2D eigenvalue weighted by Crippen LogP contribution is -2.40. The van der Waals surface area contributed by atoms with Gasteiger partial charge in [0.1, 0.15) is 5.25 Å². The Hall–Kier alpha value is -2.66. The Morgan fingerprint density at radius 1 is 1.09 bits per heavy atom. The molecule has 0 radical (unpaired) electrons. The highest BCUT2D eigenvalue weighted by molar-refractivity contribution is 8.00. The number of nitrogens with zero attached hydrogens (tertiary/aromatic N) is 3. The van der Waals surface area contributed by atoms with Gasteiger partial charge in [0, 0.05) is 37.2 Å². The number of aromatic nitrogens is 2. The first-order chi connectivity index (χ1) is 16.5. The fourth-order valence-corrected chi connectivity index (χ4v) is 6.48. The molecule has 2 heterocycles. The molecule has 0 unspecified atom stereocenters. The van der Waals surface area contributed by atoms with Gasteiger partial charge in [-0.15, -0.1) is 0 Å². The summed E-state index contributed by atoms with van der Waals surface area (Å²) in [5.41, 5.74) is 1.29. The topological polar surface area (TPSA) is 93.5 Å². The molecule has 34 heavy (non-hydrogen) atoms. The van der Waals surface area contributed by atoms with Crippen LogP contribution in [0.15, 0.2) is 77.0 Å². The van der Waals surface area contributed by atoms with Crippen LogP contribution < -0.4 is 5.32 Å². The number of hydrogen-bond donors (Lipinski definition) is 1. The van der Waals surface area contributed by atoms with Crippen LogP contribution in [-0.2, 0) is 19.6 Å². The number of rotatable bonds is 8. The van der Waals surface area contributed by atoms with Crippen LogP contribution in [0.2, 0.25) is 0 Å². The molecular weight excluding hydrogens is 472 g/mol. The highest BCUT2D eigenvalue weighted by atomic mass is 32.2. The van der Waals surface area contributed by atoms with Crippen molar-refractivity contribution in [3.8, 4) is 0 Å². The van der Waals surface area contributed by atoms with Gasteiger partial charge in [0.15, 0.2) is 5.16 Å². The van der Waals surface area contributed by atoms with E-state index in [-0.39, 0.29) is 10.8 Å². The summed E-state index contributed by atoms with van der Waals surface area (Å²) in [5.74, 6) is -0.234. The molecule has 2 aromatic carbocycles. The molecule has 2 fully saturated rings. The zero-order valence-corrected chi connectivity index (χ0v) is 20.2. The molecule has 1 aliphatic carbocycles.